The monoisotopic (exact) mass is 477 g/mol. The number of Topliss-reactive ketones (excluding diaryl/α,β-unsaturated/α-hetero) is 1. The zero-order valence-electron chi connectivity index (χ0n) is 18.4. The molecule has 0 amide bonds. The number of aromatic nitrogens is 1. The van der Waals surface area contributed by atoms with Crippen LogP contribution in [-0.4, -0.2) is 15.3 Å². The number of carbonyl (C=O) groups excluding carboxylic acids is 1. The summed E-state index contributed by atoms with van der Waals surface area (Å²) in [5.74, 6) is -0.489. The van der Waals surface area contributed by atoms with Crippen molar-refractivity contribution < 1.29 is 14.1 Å². The van der Waals surface area contributed by atoms with Crippen LogP contribution in [-0.2, 0) is 4.79 Å². The molecular formula is C25H20FN3O4S. The van der Waals surface area contributed by atoms with E-state index in [1.54, 1.807) is 30.3 Å². The van der Waals surface area contributed by atoms with Gasteiger partial charge >= 0.3 is 0 Å². The van der Waals surface area contributed by atoms with E-state index >= 15 is 0 Å². The molecule has 1 aliphatic heterocycles. The largest absolute Gasteiger partial charge is 0.294 e. The van der Waals surface area contributed by atoms with Crippen LogP contribution in [0.5, 0.6) is 0 Å². The van der Waals surface area contributed by atoms with Gasteiger partial charge in [-0.05, 0) is 41.2 Å². The number of thiazole rings is 1. The Bertz CT molecular complexity index is 1560. The van der Waals surface area contributed by atoms with Crippen LogP contribution in [0.1, 0.15) is 43.9 Å². The Morgan fingerprint density at radius 2 is 1.91 bits per heavy atom. The Labute approximate surface area is 197 Å². The van der Waals surface area contributed by atoms with E-state index < -0.39 is 11.0 Å². The third-order valence-corrected chi connectivity index (χ3v) is 7.04. The predicted molar refractivity (Wildman–Crippen MR) is 126 cm³/mol. The molecule has 9 heteroatoms. The van der Waals surface area contributed by atoms with E-state index in [2.05, 4.69) is 0 Å². The van der Waals surface area contributed by atoms with Crippen molar-refractivity contribution >= 4 is 28.9 Å². The highest BCUT2D eigenvalue weighted by Crippen LogP contribution is 2.43. The van der Waals surface area contributed by atoms with Crippen LogP contribution >= 0.6 is 11.3 Å². The van der Waals surface area contributed by atoms with Gasteiger partial charge in [0.2, 0.25) is 0 Å². The van der Waals surface area contributed by atoms with Gasteiger partial charge in [-0.1, -0.05) is 49.4 Å². The molecule has 0 radical (unpaired) electrons. The molecule has 172 valence electrons. The molecule has 2 aliphatic rings. The van der Waals surface area contributed by atoms with Crippen molar-refractivity contribution in [3.63, 3.8) is 0 Å². The number of nitro groups is 1. The van der Waals surface area contributed by atoms with Gasteiger partial charge in [-0.2, -0.15) is 0 Å². The van der Waals surface area contributed by atoms with Gasteiger partial charge in [0.05, 0.1) is 21.2 Å². The third kappa shape index (κ3) is 3.81. The second-order valence-electron chi connectivity index (χ2n) is 9.29. The fourth-order valence-electron chi connectivity index (χ4n) is 4.58. The van der Waals surface area contributed by atoms with E-state index in [9.17, 15) is 24.1 Å². The zero-order chi connectivity index (χ0) is 24.2. The maximum Gasteiger partial charge on any atom is 0.271 e. The maximum atomic E-state index is 13.5. The minimum atomic E-state index is -0.801. The molecule has 5 rings (SSSR count). The molecule has 34 heavy (non-hydrogen) atoms. The number of fused-ring (bicyclic) bond motifs is 1. The summed E-state index contributed by atoms with van der Waals surface area (Å²) >= 11 is 1.18. The van der Waals surface area contributed by atoms with Gasteiger partial charge < -0.3 is 0 Å². The molecule has 0 N–H and O–H groups in total. The molecule has 7 nitrogen and oxygen atoms in total. The minimum Gasteiger partial charge on any atom is -0.294 e. The van der Waals surface area contributed by atoms with Crippen LogP contribution in [0.4, 0.5) is 10.1 Å². The first kappa shape index (κ1) is 22.1. The summed E-state index contributed by atoms with van der Waals surface area (Å²) in [6.45, 7) is 3.99. The number of allylic oxidation sites excluding steroid dienone is 2. The van der Waals surface area contributed by atoms with Gasteiger partial charge in [0.15, 0.2) is 10.6 Å². The van der Waals surface area contributed by atoms with E-state index in [1.165, 1.54) is 40.2 Å². The van der Waals surface area contributed by atoms with Gasteiger partial charge in [0.1, 0.15) is 5.82 Å². The van der Waals surface area contributed by atoms with Crippen LogP contribution in [0, 0.1) is 21.3 Å². The molecule has 2 heterocycles. The predicted octanol–water partition coefficient (Wildman–Crippen LogP) is 3.65. The fourth-order valence-corrected chi connectivity index (χ4v) is 5.60. The number of nitro benzene ring substituents is 1. The molecule has 1 aromatic heterocycles. The number of benzene rings is 2. The first-order valence-electron chi connectivity index (χ1n) is 10.7. The van der Waals surface area contributed by atoms with Crippen LogP contribution in [0.3, 0.4) is 0 Å². The normalized spacial score (nSPS) is 19.4. The molecule has 3 aromatic rings. The lowest BCUT2D eigenvalue weighted by Crippen LogP contribution is -2.42. The van der Waals surface area contributed by atoms with E-state index in [-0.39, 0.29) is 28.3 Å². The highest BCUT2D eigenvalue weighted by Gasteiger charge is 2.40. The van der Waals surface area contributed by atoms with Crippen LogP contribution in [0.15, 0.2) is 69.6 Å². The highest BCUT2D eigenvalue weighted by atomic mass is 32.1. The summed E-state index contributed by atoms with van der Waals surface area (Å²) in [7, 11) is 0. The Balaban J connectivity index is 1.77. The number of ketones is 1. The zero-order valence-corrected chi connectivity index (χ0v) is 19.3. The number of hydrogen-bond acceptors (Lipinski definition) is 6. The maximum absolute atomic E-state index is 13.5. The van der Waals surface area contributed by atoms with Crippen molar-refractivity contribution in [3.05, 3.63) is 107 Å². The van der Waals surface area contributed by atoms with Crippen LogP contribution < -0.4 is 14.9 Å². The molecule has 0 bridgehead atoms. The highest BCUT2D eigenvalue weighted by molar-refractivity contribution is 7.07. The standard InChI is InChI=1S/C25H20FN3O4S/c1-25(2)12-18-21(19(30)13-25)22(15-4-3-5-17(11-15)29(32)33)28-23(31)20(34-24(28)27-18)10-14-6-8-16(26)9-7-14/h3-11,22H,12-13H2,1-2H3. The first-order chi connectivity index (χ1) is 16.1. The molecular weight excluding hydrogens is 457 g/mol. The van der Waals surface area contributed by atoms with Crippen molar-refractivity contribution in [1.29, 1.82) is 0 Å². The Morgan fingerprint density at radius 3 is 2.62 bits per heavy atom. The SMILES string of the molecule is CC1(C)CC(=O)C2=C(C1)N=c1sc(=Cc3ccc(F)cc3)c(=O)n1C2c1cccc([N+](=O)[O-])c1. The number of nitrogens with zero attached hydrogens (tertiary/aromatic N) is 3. The summed E-state index contributed by atoms with van der Waals surface area (Å²) < 4.78 is 15.1. The van der Waals surface area contributed by atoms with Crippen molar-refractivity contribution in [3.8, 4) is 0 Å². The summed E-state index contributed by atoms with van der Waals surface area (Å²) in [5.41, 5.74) is 1.42. The van der Waals surface area contributed by atoms with Crippen molar-refractivity contribution in [2.45, 2.75) is 32.7 Å². The number of halogens is 1. The number of hydrogen-bond donors (Lipinski definition) is 0. The van der Waals surface area contributed by atoms with Gasteiger partial charge in [0.25, 0.3) is 11.2 Å². The number of non-ortho nitro benzene ring substituents is 1. The van der Waals surface area contributed by atoms with Crippen molar-refractivity contribution in [2.75, 3.05) is 0 Å². The summed E-state index contributed by atoms with van der Waals surface area (Å²) in [6.07, 6.45) is 2.51. The van der Waals surface area contributed by atoms with Crippen LogP contribution in [0.25, 0.3) is 6.08 Å². The lowest BCUT2D eigenvalue weighted by molar-refractivity contribution is -0.384. The van der Waals surface area contributed by atoms with E-state index in [0.717, 1.165) is 0 Å². The molecule has 0 saturated heterocycles. The summed E-state index contributed by atoms with van der Waals surface area (Å²) in [4.78, 5) is 42.9. The topological polar surface area (TPSA) is 94.6 Å². The lowest BCUT2D eigenvalue weighted by Gasteiger charge is -2.35. The smallest absolute Gasteiger partial charge is 0.271 e. The van der Waals surface area contributed by atoms with Crippen LogP contribution in [0.2, 0.25) is 0 Å². The third-order valence-electron chi connectivity index (χ3n) is 6.06. The van der Waals surface area contributed by atoms with E-state index in [4.69, 9.17) is 4.99 Å². The van der Waals surface area contributed by atoms with E-state index in [1.807, 2.05) is 13.8 Å². The summed E-state index contributed by atoms with van der Waals surface area (Å²) in [6, 6.07) is 11.0. The van der Waals surface area contributed by atoms with Crippen molar-refractivity contribution in [1.82, 2.24) is 4.57 Å². The molecule has 2 aromatic carbocycles. The van der Waals surface area contributed by atoms with Gasteiger partial charge in [-0.25, -0.2) is 9.38 Å². The Hall–Kier alpha value is -3.72. The molecule has 1 unspecified atom stereocenters. The molecule has 1 atom stereocenters. The second kappa shape index (κ2) is 7.95. The Kier molecular flexibility index (Phi) is 5.16. The first-order valence-corrected chi connectivity index (χ1v) is 11.5. The number of rotatable bonds is 3. The number of carbonyl (C=O) groups is 1. The quantitative estimate of drug-likeness (QED) is 0.425. The fraction of sp³-hybridized carbons (Fsp3) is 0.240. The van der Waals surface area contributed by atoms with Gasteiger partial charge in [-0.15, -0.1) is 0 Å². The average Bonchev–Trinajstić information content (AvgIpc) is 3.07. The minimum absolute atomic E-state index is 0.112. The second-order valence-corrected chi connectivity index (χ2v) is 10.3. The molecule has 0 spiro atoms. The van der Waals surface area contributed by atoms with Gasteiger partial charge in [-0.3, -0.25) is 24.3 Å². The molecule has 1 aliphatic carbocycles. The average molecular weight is 478 g/mol. The van der Waals surface area contributed by atoms with E-state index in [0.29, 0.717) is 44.6 Å². The van der Waals surface area contributed by atoms with Crippen molar-refractivity contribution in [2.24, 2.45) is 10.4 Å². The molecule has 0 saturated carbocycles. The van der Waals surface area contributed by atoms with Gasteiger partial charge in [0, 0.05) is 24.1 Å². The Morgan fingerprint density at radius 1 is 1.18 bits per heavy atom. The lowest BCUT2D eigenvalue weighted by atomic mass is 9.73. The summed E-state index contributed by atoms with van der Waals surface area (Å²) in [5, 5.41) is 11.4. The molecule has 0 fully saturated rings.